The van der Waals surface area contributed by atoms with Gasteiger partial charge in [0.2, 0.25) is 0 Å². The van der Waals surface area contributed by atoms with Crippen LogP contribution in [0.15, 0.2) is 24.8 Å². The van der Waals surface area contributed by atoms with E-state index in [-0.39, 0.29) is 12.0 Å². The molecule has 0 aliphatic rings. The second-order valence-corrected chi connectivity index (χ2v) is 10.9. The van der Waals surface area contributed by atoms with Crippen LogP contribution >= 0.6 is 0 Å². The highest BCUT2D eigenvalue weighted by atomic mass is 28.3. The second kappa shape index (κ2) is 7.02. The van der Waals surface area contributed by atoms with Crippen molar-refractivity contribution in [3.8, 4) is 0 Å². The predicted molar refractivity (Wildman–Crippen MR) is 71.9 cm³/mol. The molecule has 0 unspecified atom stereocenters. The molecule has 0 rings (SSSR count). The van der Waals surface area contributed by atoms with Gasteiger partial charge in [-0.3, -0.25) is 0 Å². The first-order valence-corrected chi connectivity index (χ1v) is 9.58. The number of allylic oxidation sites excluding steroid dienone is 1. The maximum absolute atomic E-state index is 9.96. The van der Waals surface area contributed by atoms with Gasteiger partial charge in [-0.1, -0.05) is 51.2 Å². The minimum Gasteiger partial charge on any atom is -0.388 e. The number of unbranched alkanes of at least 4 members (excludes halogenated alkanes) is 1. The van der Waals surface area contributed by atoms with Gasteiger partial charge in [0.1, 0.15) is 0 Å². The van der Waals surface area contributed by atoms with Crippen LogP contribution < -0.4 is 0 Å². The van der Waals surface area contributed by atoms with E-state index in [9.17, 15) is 5.11 Å². The third kappa shape index (κ3) is 7.57. The summed E-state index contributed by atoms with van der Waals surface area (Å²) in [6, 6.07) is 1.11. The summed E-state index contributed by atoms with van der Waals surface area (Å²) in [4.78, 5) is 0. The zero-order valence-electron chi connectivity index (χ0n) is 10.7. The van der Waals surface area contributed by atoms with E-state index in [0.717, 1.165) is 18.9 Å². The number of rotatable bonds is 7. The van der Waals surface area contributed by atoms with Gasteiger partial charge in [-0.2, -0.15) is 0 Å². The molecule has 2 atom stereocenters. The van der Waals surface area contributed by atoms with E-state index < -0.39 is 8.07 Å². The summed E-state index contributed by atoms with van der Waals surface area (Å²) >= 11 is 0. The Morgan fingerprint density at radius 2 is 1.93 bits per heavy atom. The van der Waals surface area contributed by atoms with Crippen LogP contribution in [0, 0.1) is 5.92 Å². The Balaban J connectivity index is 4.22. The molecule has 0 aromatic rings. The van der Waals surface area contributed by atoms with E-state index >= 15 is 0 Å². The molecule has 0 bridgehead atoms. The molecule has 0 aliphatic heterocycles. The molecule has 0 heterocycles. The average Bonchev–Trinajstić information content (AvgIpc) is 2.13. The SMILES string of the molecule is C=C[C@H](C[Si](C)(C)C)[C@H](O)/C=C/CCC. The smallest absolute Gasteiger partial charge is 0.0780 e. The fourth-order valence-corrected chi connectivity index (χ4v) is 3.42. The molecule has 0 saturated heterocycles. The number of aliphatic hydroxyl groups excluding tert-OH is 1. The molecular weight excluding hydrogens is 200 g/mol. The molecule has 2 heteroatoms. The number of hydrogen-bond acceptors (Lipinski definition) is 1. The minimum atomic E-state index is -1.12. The van der Waals surface area contributed by atoms with Crippen LogP contribution in [-0.2, 0) is 0 Å². The Hall–Kier alpha value is -0.343. The molecule has 88 valence electrons. The third-order valence-electron chi connectivity index (χ3n) is 2.38. The van der Waals surface area contributed by atoms with Crippen LogP contribution in [0.1, 0.15) is 19.8 Å². The van der Waals surface area contributed by atoms with Gasteiger partial charge in [0.15, 0.2) is 0 Å². The highest BCUT2D eigenvalue weighted by molar-refractivity contribution is 6.76. The highest BCUT2D eigenvalue weighted by Gasteiger charge is 2.22. The molecule has 15 heavy (non-hydrogen) atoms. The Morgan fingerprint density at radius 1 is 1.33 bits per heavy atom. The molecule has 0 saturated carbocycles. The number of aliphatic hydroxyl groups is 1. The molecule has 1 nitrogen and oxygen atoms in total. The molecule has 1 N–H and O–H groups in total. The molecule has 0 aromatic carbocycles. The van der Waals surface area contributed by atoms with Crippen LogP contribution in [0.2, 0.25) is 25.7 Å². The summed E-state index contributed by atoms with van der Waals surface area (Å²) in [5.74, 6) is 0.227. The van der Waals surface area contributed by atoms with Crippen molar-refractivity contribution in [1.82, 2.24) is 0 Å². The lowest BCUT2D eigenvalue weighted by Gasteiger charge is -2.24. The van der Waals surface area contributed by atoms with E-state index in [1.54, 1.807) is 0 Å². The van der Waals surface area contributed by atoms with Gasteiger partial charge < -0.3 is 5.11 Å². The Bertz CT molecular complexity index is 203. The Labute approximate surface area is 95.9 Å². The van der Waals surface area contributed by atoms with Crippen molar-refractivity contribution < 1.29 is 5.11 Å². The predicted octanol–water partition coefficient (Wildman–Crippen LogP) is 3.84. The van der Waals surface area contributed by atoms with Gasteiger partial charge in [0, 0.05) is 14.0 Å². The zero-order valence-corrected chi connectivity index (χ0v) is 11.7. The Morgan fingerprint density at radius 3 is 2.33 bits per heavy atom. The first kappa shape index (κ1) is 14.7. The normalized spacial score (nSPS) is 16.6. The van der Waals surface area contributed by atoms with Crippen molar-refractivity contribution in [2.75, 3.05) is 0 Å². The van der Waals surface area contributed by atoms with Gasteiger partial charge in [0.25, 0.3) is 0 Å². The van der Waals surface area contributed by atoms with Crippen LogP contribution in [0.4, 0.5) is 0 Å². The molecule has 0 aliphatic carbocycles. The molecule has 0 fully saturated rings. The zero-order chi connectivity index (χ0) is 11.9. The average molecular weight is 226 g/mol. The van der Waals surface area contributed by atoms with E-state index in [4.69, 9.17) is 0 Å². The summed E-state index contributed by atoms with van der Waals surface area (Å²) in [6.07, 6.45) is 7.74. The van der Waals surface area contributed by atoms with Crippen molar-refractivity contribution in [2.24, 2.45) is 5.92 Å². The van der Waals surface area contributed by atoms with Gasteiger partial charge in [-0.05, 0) is 12.5 Å². The summed E-state index contributed by atoms with van der Waals surface area (Å²) in [6.45, 7) is 12.9. The van der Waals surface area contributed by atoms with Gasteiger partial charge in [-0.15, -0.1) is 6.58 Å². The number of hydrogen-bond donors (Lipinski definition) is 1. The minimum absolute atomic E-state index is 0.227. The topological polar surface area (TPSA) is 20.2 Å². The van der Waals surface area contributed by atoms with Crippen molar-refractivity contribution in [3.63, 3.8) is 0 Å². The molecule has 0 spiro atoms. The van der Waals surface area contributed by atoms with E-state index in [0.29, 0.717) is 0 Å². The maximum Gasteiger partial charge on any atom is 0.0780 e. The first-order chi connectivity index (χ1) is 6.90. The molecular formula is C13H26OSi. The van der Waals surface area contributed by atoms with E-state index in [1.165, 1.54) is 0 Å². The standard InChI is InChI=1S/C13H26OSi/c1-6-8-9-10-13(14)12(7-2)11-15(3,4)5/h7,9-10,12-14H,2,6,8,11H2,1,3-5H3/b10-9+/t12-,13-/m1/s1. The molecule has 0 radical (unpaired) electrons. The van der Waals surface area contributed by atoms with E-state index in [2.05, 4.69) is 39.2 Å². The van der Waals surface area contributed by atoms with Crippen LogP contribution in [-0.4, -0.2) is 19.3 Å². The van der Waals surface area contributed by atoms with Crippen molar-refractivity contribution in [3.05, 3.63) is 24.8 Å². The molecule has 0 aromatic heterocycles. The van der Waals surface area contributed by atoms with Gasteiger partial charge >= 0.3 is 0 Å². The van der Waals surface area contributed by atoms with Gasteiger partial charge in [0.05, 0.1) is 6.10 Å². The summed E-state index contributed by atoms with van der Waals surface area (Å²) < 4.78 is 0. The van der Waals surface area contributed by atoms with Gasteiger partial charge in [-0.25, -0.2) is 0 Å². The van der Waals surface area contributed by atoms with Crippen LogP contribution in [0.25, 0.3) is 0 Å². The van der Waals surface area contributed by atoms with Crippen molar-refractivity contribution in [1.29, 1.82) is 0 Å². The lowest BCUT2D eigenvalue weighted by Crippen LogP contribution is -2.28. The lowest BCUT2D eigenvalue weighted by atomic mass is 10.0. The Kier molecular flexibility index (Phi) is 6.86. The van der Waals surface area contributed by atoms with Crippen molar-refractivity contribution >= 4 is 8.07 Å². The second-order valence-electron chi connectivity index (χ2n) is 5.37. The fourth-order valence-electron chi connectivity index (χ4n) is 1.60. The largest absolute Gasteiger partial charge is 0.388 e. The molecule has 0 amide bonds. The van der Waals surface area contributed by atoms with Crippen molar-refractivity contribution in [2.45, 2.75) is 51.6 Å². The summed E-state index contributed by atoms with van der Waals surface area (Å²) in [7, 11) is -1.12. The van der Waals surface area contributed by atoms with Crippen LogP contribution in [0.3, 0.4) is 0 Å². The van der Waals surface area contributed by atoms with E-state index in [1.807, 2.05) is 12.2 Å². The fraction of sp³-hybridized carbons (Fsp3) is 0.692. The lowest BCUT2D eigenvalue weighted by molar-refractivity contribution is 0.184. The summed E-state index contributed by atoms with van der Waals surface area (Å²) in [5.41, 5.74) is 0. The van der Waals surface area contributed by atoms with Crippen LogP contribution in [0.5, 0.6) is 0 Å². The monoisotopic (exact) mass is 226 g/mol. The third-order valence-corrected chi connectivity index (χ3v) is 4.07. The first-order valence-electron chi connectivity index (χ1n) is 5.88. The quantitative estimate of drug-likeness (QED) is 0.516. The summed E-state index contributed by atoms with van der Waals surface area (Å²) in [5, 5.41) is 9.96. The highest BCUT2D eigenvalue weighted by Crippen LogP contribution is 2.21. The maximum atomic E-state index is 9.96.